The average Bonchev–Trinajstić information content (AvgIpc) is 3.29. The fourth-order valence-corrected chi connectivity index (χ4v) is 3.68. The molecule has 1 aliphatic heterocycles. The maximum absolute atomic E-state index is 12.7. The van der Waals surface area contributed by atoms with Gasteiger partial charge in [0, 0.05) is 31.9 Å². The second-order valence-electron chi connectivity index (χ2n) is 7.24. The van der Waals surface area contributed by atoms with Crippen molar-refractivity contribution in [1.82, 2.24) is 25.5 Å². The second-order valence-corrected chi connectivity index (χ2v) is 7.24. The SMILES string of the molecule is COc1ccccc1-n1cc(C(=O)N(C)CCCC2C(C)NNC2C)cn1. The molecule has 2 atom stereocenters. The minimum absolute atomic E-state index is 0.0140. The van der Waals surface area contributed by atoms with Crippen molar-refractivity contribution in [2.24, 2.45) is 5.92 Å². The number of rotatable bonds is 7. The number of nitrogens with one attached hydrogen (secondary N) is 2. The van der Waals surface area contributed by atoms with Gasteiger partial charge in [-0.05, 0) is 44.7 Å². The molecular weight excluding hydrogens is 342 g/mol. The molecule has 1 saturated heterocycles. The second kappa shape index (κ2) is 8.54. The zero-order valence-corrected chi connectivity index (χ0v) is 16.5. The van der Waals surface area contributed by atoms with Gasteiger partial charge in [-0.2, -0.15) is 5.10 Å². The van der Waals surface area contributed by atoms with Crippen LogP contribution < -0.4 is 15.6 Å². The molecule has 1 aliphatic rings. The van der Waals surface area contributed by atoms with Gasteiger partial charge >= 0.3 is 0 Å². The first kappa shape index (κ1) is 19.4. The molecule has 27 heavy (non-hydrogen) atoms. The molecule has 146 valence electrons. The molecule has 0 aliphatic carbocycles. The quantitative estimate of drug-likeness (QED) is 0.781. The molecule has 7 nitrogen and oxygen atoms in total. The van der Waals surface area contributed by atoms with Crippen molar-refractivity contribution in [2.75, 3.05) is 20.7 Å². The van der Waals surface area contributed by atoms with E-state index in [-0.39, 0.29) is 5.91 Å². The summed E-state index contributed by atoms with van der Waals surface area (Å²) in [6.45, 7) is 5.12. The smallest absolute Gasteiger partial charge is 0.256 e. The summed E-state index contributed by atoms with van der Waals surface area (Å²) in [6.07, 6.45) is 5.43. The summed E-state index contributed by atoms with van der Waals surface area (Å²) in [4.78, 5) is 14.5. The molecule has 0 saturated carbocycles. The zero-order chi connectivity index (χ0) is 19.4. The first-order chi connectivity index (χ1) is 13.0. The van der Waals surface area contributed by atoms with E-state index in [2.05, 4.69) is 29.8 Å². The minimum atomic E-state index is -0.0140. The van der Waals surface area contributed by atoms with Crippen LogP contribution >= 0.6 is 0 Å². The van der Waals surface area contributed by atoms with E-state index in [0.717, 1.165) is 30.8 Å². The molecule has 0 bridgehead atoms. The number of para-hydroxylation sites is 2. The third-order valence-corrected chi connectivity index (χ3v) is 5.36. The number of methoxy groups -OCH3 is 1. The van der Waals surface area contributed by atoms with Crippen LogP contribution in [0.5, 0.6) is 5.75 Å². The molecule has 1 fully saturated rings. The number of amides is 1. The topological polar surface area (TPSA) is 71.4 Å². The van der Waals surface area contributed by atoms with Crippen molar-refractivity contribution in [3.63, 3.8) is 0 Å². The summed E-state index contributed by atoms with van der Waals surface area (Å²) in [5.74, 6) is 1.29. The van der Waals surface area contributed by atoms with Gasteiger partial charge in [0.15, 0.2) is 0 Å². The number of carbonyl (C=O) groups is 1. The van der Waals surface area contributed by atoms with Crippen LogP contribution in [0, 0.1) is 5.92 Å². The maximum atomic E-state index is 12.7. The van der Waals surface area contributed by atoms with Crippen LogP contribution in [0.2, 0.25) is 0 Å². The van der Waals surface area contributed by atoms with E-state index in [1.807, 2.05) is 31.3 Å². The summed E-state index contributed by atoms with van der Waals surface area (Å²) >= 11 is 0. The van der Waals surface area contributed by atoms with Crippen LogP contribution in [0.1, 0.15) is 37.0 Å². The Hall–Kier alpha value is -2.38. The molecule has 2 N–H and O–H groups in total. The molecule has 1 aromatic heterocycles. The van der Waals surface area contributed by atoms with Crippen LogP contribution in [0.3, 0.4) is 0 Å². The van der Waals surface area contributed by atoms with Crippen LogP contribution in [0.15, 0.2) is 36.7 Å². The summed E-state index contributed by atoms with van der Waals surface area (Å²) in [7, 11) is 3.47. The summed E-state index contributed by atoms with van der Waals surface area (Å²) in [5.41, 5.74) is 7.95. The minimum Gasteiger partial charge on any atom is -0.494 e. The van der Waals surface area contributed by atoms with Crippen molar-refractivity contribution in [2.45, 2.75) is 38.8 Å². The predicted octanol–water partition coefficient (Wildman–Crippen LogP) is 2.23. The third-order valence-electron chi connectivity index (χ3n) is 5.36. The van der Waals surface area contributed by atoms with Crippen molar-refractivity contribution >= 4 is 5.91 Å². The Balaban J connectivity index is 1.58. The van der Waals surface area contributed by atoms with Crippen molar-refractivity contribution in [3.05, 3.63) is 42.2 Å². The maximum Gasteiger partial charge on any atom is 0.256 e. The average molecular weight is 371 g/mol. The zero-order valence-electron chi connectivity index (χ0n) is 16.5. The fraction of sp³-hybridized carbons (Fsp3) is 0.500. The van der Waals surface area contributed by atoms with E-state index >= 15 is 0 Å². The molecule has 3 rings (SSSR count). The Morgan fingerprint density at radius 3 is 2.67 bits per heavy atom. The normalized spacial score (nSPS) is 22.0. The van der Waals surface area contributed by atoms with Crippen molar-refractivity contribution in [3.8, 4) is 11.4 Å². The van der Waals surface area contributed by atoms with E-state index in [1.165, 1.54) is 0 Å². The van der Waals surface area contributed by atoms with Gasteiger partial charge in [-0.15, -0.1) is 0 Å². The van der Waals surface area contributed by atoms with Gasteiger partial charge in [0.1, 0.15) is 11.4 Å². The molecule has 0 radical (unpaired) electrons. The van der Waals surface area contributed by atoms with Gasteiger partial charge in [-0.3, -0.25) is 15.6 Å². The molecule has 1 amide bonds. The van der Waals surface area contributed by atoms with Gasteiger partial charge < -0.3 is 9.64 Å². The Labute approximate surface area is 160 Å². The van der Waals surface area contributed by atoms with Gasteiger partial charge in [-0.25, -0.2) is 4.68 Å². The number of ether oxygens (including phenoxy) is 1. The van der Waals surface area contributed by atoms with Gasteiger partial charge in [0.2, 0.25) is 0 Å². The molecule has 2 unspecified atom stereocenters. The highest BCUT2D eigenvalue weighted by Gasteiger charge is 2.29. The third kappa shape index (κ3) is 4.31. The molecule has 2 aromatic rings. The van der Waals surface area contributed by atoms with E-state index in [4.69, 9.17) is 4.74 Å². The number of aromatic nitrogens is 2. The van der Waals surface area contributed by atoms with Gasteiger partial charge in [-0.1, -0.05) is 12.1 Å². The largest absolute Gasteiger partial charge is 0.494 e. The van der Waals surface area contributed by atoms with Crippen LogP contribution in [-0.4, -0.2) is 53.4 Å². The highest BCUT2D eigenvalue weighted by Crippen LogP contribution is 2.22. The highest BCUT2D eigenvalue weighted by molar-refractivity contribution is 5.93. The lowest BCUT2D eigenvalue weighted by Crippen LogP contribution is -2.30. The number of hydrogen-bond donors (Lipinski definition) is 2. The standard InChI is InChI=1S/C20H29N5O2/c1-14-17(15(2)23-22-14)8-7-11-24(3)20(26)16-12-21-25(13-16)18-9-5-6-10-19(18)27-4/h5-6,9-10,12-15,17,22-23H,7-8,11H2,1-4H3. The monoisotopic (exact) mass is 371 g/mol. The first-order valence-corrected chi connectivity index (χ1v) is 9.46. The Bertz CT molecular complexity index is 765. The van der Waals surface area contributed by atoms with E-state index in [9.17, 15) is 4.79 Å². The summed E-state index contributed by atoms with van der Waals surface area (Å²) in [5, 5.41) is 4.33. The Morgan fingerprint density at radius 2 is 1.96 bits per heavy atom. The van der Waals surface area contributed by atoms with Crippen LogP contribution in [-0.2, 0) is 0 Å². The highest BCUT2D eigenvalue weighted by atomic mass is 16.5. The van der Waals surface area contributed by atoms with Crippen LogP contribution in [0.25, 0.3) is 5.69 Å². The number of carbonyl (C=O) groups excluding carboxylic acids is 1. The predicted molar refractivity (Wildman–Crippen MR) is 105 cm³/mol. The van der Waals surface area contributed by atoms with Gasteiger partial charge in [0.05, 0.1) is 18.9 Å². The molecule has 0 spiro atoms. The first-order valence-electron chi connectivity index (χ1n) is 9.46. The lowest BCUT2D eigenvalue weighted by Gasteiger charge is -2.20. The summed E-state index contributed by atoms with van der Waals surface area (Å²) in [6, 6.07) is 8.53. The molecule has 2 heterocycles. The number of hydrazine groups is 1. The van der Waals surface area contributed by atoms with E-state index in [0.29, 0.717) is 23.6 Å². The molecule has 1 aromatic carbocycles. The van der Waals surface area contributed by atoms with Crippen LogP contribution in [0.4, 0.5) is 0 Å². The lowest BCUT2D eigenvalue weighted by atomic mass is 9.91. The lowest BCUT2D eigenvalue weighted by molar-refractivity contribution is 0.0790. The van der Waals surface area contributed by atoms with Crippen molar-refractivity contribution < 1.29 is 9.53 Å². The Kier molecular flexibility index (Phi) is 6.13. The number of hydrogen-bond acceptors (Lipinski definition) is 5. The van der Waals surface area contributed by atoms with E-state index < -0.39 is 0 Å². The number of nitrogens with zero attached hydrogens (tertiary/aromatic N) is 3. The summed E-state index contributed by atoms with van der Waals surface area (Å²) < 4.78 is 7.05. The molecular formula is C20H29N5O2. The fourth-order valence-electron chi connectivity index (χ4n) is 3.68. The van der Waals surface area contributed by atoms with Gasteiger partial charge in [0.25, 0.3) is 5.91 Å². The van der Waals surface area contributed by atoms with Crippen molar-refractivity contribution in [1.29, 1.82) is 0 Å². The number of benzene rings is 1. The van der Waals surface area contributed by atoms with E-state index in [1.54, 1.807) is 29.1 Å². The molecule has 7 heteroatoms. The Morgan fingerprint density at radius 1 is 1.26 bits per heavy atom.